The predicted molar refractivity (Wildman–Crippen MR) is 59.8 cm³/mol. The van der Waals surface area contributed by atoms with Crippen LogP contribution in [-0.2, 0) is 23.8 Å². The first-order valence-corrected chi connectivity index (χ1v) is 6.46. The van der Waals surface area contributed by atoms with Crippen LogP contribution in [0, 0.1) is 0 Å². The van der Waals surface area contributed by atoms with Gasteiger partial charge in [-0.3, -0.25) is 20.0 Å². The van der Waals surface area contributed by atoms with Gasteiger partial charge in [0.1, 0.15) is 0 Å². The molecule has 2 N–H and O–H groups in total. The highest BCUT2D eigenvalue weighted by Crippen LogP contribution is 2.36. The molecule has 0 bridgehead atoms. The molecule has 3 saturated heterocycles. The maximum atomic E-state index is 11.9. The molecule has 2 spiro atoms. The Bertz CT molecular complexity index is 468. The molecule has 3 aliphatic heterocycles. The minimum atomic E-state index is -1.91. The van der Waals surface area contributed by atoms with Gasteiger partial charge in [-0.15, -0.1) is 0 Å². The van der Waals surface area contributed by atoms with Crippen molar-refractivity contribution in [2.24, 2.45) is 0 Å². The molecular formula is C11H14N2O8. The predicted octanol–water partition coefficient (Wildman–Crippen LogP) is -0.762. The lowest BCUT2D eigenvalue weighted by atomic mass is 9.98. The molecule has 0 aromatic carbocycles. The van der Waals surface area contributed by atoms with Crippen LogP contribution in [0.1, 0.15) is 19.3 Å². The minimum Gasteiger partial charge on any atom is -0.417 e. The summed E-state index contributed by atoms with van der Waals surface area (Å²) in [5.41, 5.74) is -1.53. The van der Waals surface area contributed by atoms with Gasteiger partial charge < -0.3 is 14.2 Å². The van der Waals surface area contributed by atoms with Crippen LogP contribution in [0.5, 0.6) is 0 Å². The van der Waals surface area contributed by atoms with Crippen molar-refractivity contribution in [1.82, 2.24) is 10.1 Å². The maximum Gasteiger partial charge on any atom is 0.512 e. The summed E-state index contributed by atoms with van der Waals surface area (Å²) in [5, 5.41) is 19.6. The van der Waals surface area contributed by atoms with Crippen molar-refractivity contribution in [3.63, 3.8) is 0 Å². The van der Waals surface area contributed by atoms with Gasteiger partial charge in [0.05, 0.1) is 19.7 Å². The van der Waals surface area contributed by atoms with E-state index in [9.17, 15) is 24.8 Å². The second kappa shape index (κ2) is 4.55. The lowest BCUT2D eigenvalue weighted by Gasteiger charge is -2.34. The quantitative estimate of drug-likeness (QED) is 0.441. The van der Waals surface area contributed by atoms with Crippen LogP contribution < -0.4 is 0 Å². The molecule has 0 radical (unpaired) electrons. The summed E-state index contributed by atoms with van der Waals surface area (Å²) in [6.45, 7) is -0.117. The van der Waals surface area contributed by atoms with E-state index in [-0.39, 0.29) is 39.0 Å². The molecule has 3 heterocycles. The highest BCUT2D eigenvalue weighted by Gasteiger charge is 2.57. The van der Waals surface area contributed by atoms with E-state index < -0.39 is 29.4 Å². The lowest BCUT2D eigenvalue weighted by molar-refractivity contribution is -0.237. The van der Waals surface area contributed by atoms with Crippen LogP contribution >= 0.6 is 0 Å². The Balaban J connectivity index is 1.80. The molecule has 0 aromatic rings. The van der Waals surface area contributed by atoms with E-state index >= 15 is 0 Å². The van der Waals surface area contributed by atoms with Crippen molar-refractivity contribution in [2.75, 3.05) is 19.7 Å². The number of rotatable bonds is 0. The van der Waals surface area contributed by atoms with Gasteiger partial charge in [0.25, 0.3) is 5.91 Å². The van der Waals surface area contributed by atoms with Crippen molar-refractivity contribution in [3.8, 4) is 0 Å². The van der Waals surface area contributed by atoms with Crippen LogP contribution in [0.4, 0.5) is 4.79 Å². The van der Waals surface area contributed by atoms with Crippen molar-refractivity contribution < 1.29 is 39.0 Å². The Morgan fingerprint density at radius 1 is 0.905 bits per heavy atom. The zero-order valence-electron chi connectivity index (χ0n) is 11.0. The monoisotopic (exact) mass is 302 g/mol. The first-order valence-electron chi connectivity index (χ1n) is 6.46. The van der Waals surface area contributed by atoms with E-state index in [1.165, 1.54) is 0 Å². The van der Waals surface area contributed by atoms with Gasteiger partial charge in [-0.25, -0.2) is 14.9 Å². The highest BCUT2D eigenvalue weighted by molar-refractivity contribution is 5.90. The number of carbonyl (C=O) groups excluding carboxylic acids is 3. The summed E-state index contributed by atoms with van der Waals surface area (Å²) in [6, 6.07) is 0. The average molecular weight is 302 g/mol. The van der Waals surface area contributed by atoms with Crippen LogP contribution in [0.3, 0.4) is 0 Å². The summed E-state index contributed by atoms with van der Waals surface area (Å²) in [4.78, 5) is 35.6. The molecule has 0 aliphatic carbocycles. The number of amides is 2. The number of nitrogens with zero attached hydrogens (tertiary/aromatic N) is 2. The van der Waals surface area contributed by atoms with Crippen molar-refractivity contribution >= 4 is 18.0 Å². The van der Waals surface area contributed by atoms with E-state index in [1.807, 2.05) is 0 Å². The molecule has 3 rings (SSSR count). The van der Waals surface area contributed by atoms with E-state index in [0.29, 0.717) is 10.1 Å². The van der Waals surface area contributed by atoms with Gasteiger partial charge >= 0.3 is 17.8 Å². The summed E-state index contributed by atoms with van der Waals surface area (Å²) in [5.74, 6) is -3.55. The van der Waals surface area contributed by atoms with Crippen LogP contribution in [-0.4, -0.2) is 69.6 Å². The smallest absolute Gasteiger partial charge is 0.417 e. The Labute approximate surface area is 118 Å². The fraction of sp³-hybridized carbons (Fsp3) is 0.727. The Hall–Kier alpha value is -1.91. The van der Waals surface area contributed by atoms with Gasteiger partial charge in [0.15, 0.2) is 5.60 Å². The summed E-state index contributed by atoms with van der Waals surface area (Å²) in [7, 11) is 0. The molecule has 2 atom stereocenters. The largest absolute Gasteiger partial charge is 0.512 e. The summed E-state index contributed by atoms with van der Waals surface area (Å²) >= 11 is 0. The average Bonchev–Trinajstić information content (AvgIpc) is 2.85. The standard InChI is InChI=1S/C11H14N2O8/c14-7-10(1-4-12(7)17)3-6-19-11(21-9(16)20-10)2-5-13(18)8(11)15/h17-18H,1-6H2. The molecule has 10 nitrogen and oxygen atoms in total. The van der Waals surface area contributed by atoms with E-state index in [4.69, 9.17) is 14.2 Å². The summed E-state index contributed by atoms with van der Waals surface area (Å²) in [6.07, 6.45) is -1.20. The Kier molecular flexibility index (Phi) is 3.04. The SMILES string of the molecule is O=C1OC2(CCOC3(CCN(O)C3=O)O1)CCN(O)C2=O. The minimum absolute atomic E-state index is 0.0154. The number of hydrogen-bond acceptors (Lipinski definition) is 8. The van der Waals surface area contributed by atoms with Gasteiger partial charge in [-0.05, 0) is 0 Å². The van der Waals surface area contributed by atoms with Crippen LogP contribution in [0.2, 0.25) is 0 Å². The third kappa shape index (κ3) is 2.03. The maximum absolute atomic E-state index is 11.9. The zero-order valence-corrected chi connectivity index (χ0v) is 11.0. The fourth-order valence-electron chi connectivity index (χ4n) is 2.72. The van der Waals surface area contributed by atoms with Crippen molar-refractivity contribution in [3.05, 3.63) is 0 Å². The van der Waals surface area contributed by atoms with Crippen molar-refractivity contribution in [1.29, 1.82) is 0 Å². The van der Waals surface area contributed by atoms with Gasteiger partial charge in [-0.2, -0.15) is 0 Å². The van der Waals surface area contributed by atoms with E-state index in [2.05, 4.69) is 0 Å². The summed E-state index contributed by atoms with van der Waals surface area (Å²) < 4.78 is 15.3. The molecule has 116 valence electrons. The van der Waals surface area contributed by atoms with E-state index in [1.54, 1.807) is 0 Å². The first kappa shape index (κ1) is 14.0. The third-order valence-corrected chi connectivity index (χ3v) is 3.93. The third-order valence-electron chi connectivity index (χ3n) is 3.93. The molecule has 3 aliphatic rings. The molecule has 10 heteroatoms. The number of hydroxylamine groups is 4. The Morgan fingerprint density at radius 2 is 1.57 bits per heavy atom. The normalized spacial score (nSPS) is 37.0. The van der Waals surface area contributed by atoms with Crippen LogP contribution in [0.25, 0.3) is 0 Å². The molecule has 2 amide bonds. The highest BCUT2D eigenvalue weighted by atomic mass is 16.8. The number of hydrogen-bond donors (Lipinski definition) is 2. The topological polar surface area (TPSA) is 126 Å². The van der Waals surface area contributed by atoms with Gasteiger partial charge in [-0.1, -0.05) is 0 Å². The molecule has 0 aromatic heterocycles. The van der Waals surface area contributed by atoms with E-state index in [0.717, 1.165) is 0 Å². The lowest BCUT2D eigenvalue weighted by Crippen LogP contribution is -2.52. The second-order valence-electron chi connectivity index (χ2n) is 5.16. The van der Waals surface area contributed by atoms with Gasteiger partial charge in [0, 0.05) is 19.3 Å². The molecule has 21 heavy (non-hydrogen) atoms. The first-order chi connectivity index (χ1) is 9.89. The van der Waals surface area contributed by atoms with Crippen LogP contribution in [0.15, 0.2) is 0 Å². The number of ether oxygens (including phenoxy) is 3. The second-order valence-corrected chi connectivity index (χ2v) is 5.16. The fourth-order valence-corrected chi connectivity index (χ4v) is 2.72. The molecule has 3 fully saturated rings. The molecule has 0 saturated carbocycles. The van der Waals surface area contributed by atoms with Crippen molar-refractivity contribution in [2.45, 2.75) is 30.7 Å². The van der Waals surface area contributed by atoms with Gasteiger partial charge in [0.2, 0.25) is 0 Å². The molecular weight excluding hydrogens is 288 g/mol. The number of carbonyl (C=O) groups is 3. The molecule has 2 unspecified atom stereocenters. The zero-order chi connectivity index (χ0) is 15.3. The Morgan fingerprint density at radius 3 is 2.14 bits per heavy atom.